The second-order valence-corrected chi connectivity index (χ2v) is 10.3. The topological polar surface area (TPSA) is 44.4 Å². The first-order valence-electron chi connectivity index (χ1n) is 12.2. The second kappa shape index (κ2) is 9.90. The van der Waals surface area contributed by atoms with Crippen molar-refractivity contribution in [1.82, 2.24) is 20.0 Å². The first kappa shape index (κ1) is 23.0. The molecule has 6 rings (SSSR count). The maximum Gasteiger partial charge on any atom is 0.149 e. The number of halogens is 1. The molecule has 2 aliphatic rings. The molecule has 0 bridgehead atoms. The van der Waals surface area contributed by atoms with Crippen LogP contribution in [-0.2, 0) is 13.0 Å². The van der Waals surface area contributed by atoms with Gasteiger partial charge in [-0.2, -0.15) is 5.10 Å². The number of likely N-dealkylation sites (N-methyl/N-ethyl adjacent to an activating group) is 1. The number of hydrogen-bond donors (Lipinski definition) is 1. The SMILES string of the molecule is CN1CCN(Cc2cc3c(cc2F)-c2[nH]nc(-c4csc(C#CCOc5ccccc5)c4)c2C3)CC1. The van der Waals surface area contributed by atoms with Gasteiger partial charge in [-0.1, -0.05) is 36.1 Å². The molecule has 2 aromatic carbocycles. The number of ether oxygens (including phenoxy) is 1. The van der Waals surface area contributed by atoms with Gasteiger partial charge in [0.2, 0.25) is 0 Å². The first-order chi connectivity index (χ1) is 17.6. The second-order valence-electron chi connectivity index (χ2n) is 9.39. The van der Waals surface area contributed by atoms with Gasteiger partial charge in [0.25, 0.3) is 0 Å². The number of fused-ring (bicyclic) bond motifs is 3. The van der Waals surface area contributed by atoms with Crippen LogP contribution in [0.4, 0.5) is 4.39 Å². The lowest BCUT2D eigenvalue weighted by atomic mass is 10.0. The Bertz CT molecular complexity index is 1440. The van der Waals surface area contributed by atoms with Crippen molar-refractivity contribution in [2.75, 3.05) is 39.8 Å². The number of piperazine rings is 1. The van der Waals surface area contributed by atoms with Crippen molar-refractivity contribution < 1.29 is 9.13 Å². The van der Waals surface area contributed by atoms with Crippen LogP contribution in [0.5, 0.6) is 5.75 Å². The Morgan fingerprint density at radius 3 is 2.78 bits per heavy atom. The minimum Gasteiger partial charge on any atom is -0.481 e. The number of para-hydroxylation sites is 1. The molecule has 3 heterocycles. The number of rotatable bonds is 5. The van der Waals surface area contributed by atoms with Crippen molar-refractivity contribution in [3.05, 3.63) is 81.3 Å². The van der Waals surface area contributed by atoms with Crippen molar-refractivity contribution in [3.63, 3.8) is 0 Å². The van der Waals surface area contributed by atoms with E-state index in [9.17, 15) is 0 Å². The fourth-order valence-electron chi connectivity index (χ4n) is 4.89. The molecule has 5 nitrogen and oxygen atoms in total. The Kier molecular flexibility index (Phi) is 6.32. The third kappa shape index (κ3) is 4.68. The van der Waals surface area contributed by atoms with Gasteiger partial charge >= 0.3 is 0 Å². The van der Waals surface area contributed by atoms with Crippen molar-refractivity contribution >= 4 is 11.3 Å². The average molecular weight is 499 g/mol. The molecule has 1 N–H and O–H groups in total. The Labute approximate surface area is 214 Å². The van der Waals surface area contributed by atoms with E-state index in [2.05, 4.69) is 56.4 Å². The summed E-state index contributed by atoms with van der Waals surface area (Å²) in [5, 5.41) is 9.84. The molecule has 0 unspecified atom stereocenters. The number of hydrogen-bond acceptors (Lipinski definition) is 5. The summed E-state index contributed by atoms with van der Waals surface area (Å²) in [6.07, 6.45) is 0.758. The molecule has 1 saturated heterocycles. The number of thiophene rings is 1. The summed E-state index contributed by atoms with van der Waals surface area (Å²) >= 11 is 1.60. The van der Waals surface area contributed by atoms with Crippen LogP contribution in [-0.4, -0.2) is 59.8 Å². The van der Waals surface area contributed by atoms with E-state index in [0.29, 0.717) is 13.2 Å². The molecule has 7 heteroatoms. The normalized spacial score (nSPS) is 15.3. The van der Waals surface area contributed by atoms with E-state index in [1.54, 1.807) is 17.4 Å². The predicted octanol–water partition coefficient (Wildman–Crippen LogP) is 5.03. The first-order valence-corrected chi connectivity index (χ1v) is 13.1. The van der Waals surface area contributed by atoms with Crippen LogP contribution < -0.4 is 4.74 Å². The van der Waals surface area contributed by atoms with Crippen molar-refractivity contribution in [3.8, 4) is 40.1 Å². The maximum absolute atomic E-state index is 15.1. The number of H-pyrrole nitrogens is 1. The van der Waals surface area contributed by atoms with E-state index in [1.165, 1.54) is 5.56 Å². The van der Waals surface area contributed by atoms with E-state index in [1.807, 2.05) is 30.3 Å². The molecule has 0 saturated carbocycles. The van der Waals surface area contributed by atoms with Gasteiger partial charge in [0.15, 0.2) is 0 Å². The van der Waals surface area contributed by atoms with Gasteiger partial charge in [-0.25, -0.2) is 4.39 Å². The number of aromatic amines is 1. The molecule has 0 amide bonds. The highest BCUT2D eigenvalue weighted by Crippen LogP contribution is 2.41. The van der Waals surface area contributed by atoms with Gasteiger partial charge < -0.3 is 9.64 Å². The van der Waals surface area contributed by atoms with Crippen molar-refractivity contribution in [2.24, 2.45) is 0 Å². The Morgan fingerprint density at radius 2 is 1.94 bits per heavy atom. The molecule has 2 aromatic heterocycles. The Balaban J connectivity index is 1.16. The number of aromatic nitrogens is 2. The summed E-state index contributed by atoms with van der Waals surface area (Å²) in [4.78, 5) is 5.62. The molecule has 4 aromatic rings. The number of benzene rings is 2. The van der Waals surface area contributed by atoms with E-state index in [4.69, 9.17) is 4.74 Å². The molecule has 0 spiro atoms. The number of nitrogens with one attached hydrogen (secondary N) is 1. The smallest absolute Gasteiger partial charge is 0.149 e. The third-order valence-electron chi connectivity index (χ3n) is 6.90. The highest BCUT2D eigenvalue weighted by molar-refractivity contribution is 7.11. The highest BCUT2D eigenvalue weighted by atomic mass is 32.1. The van der Waals surface area contributed by atoms with Crippen LogP contribution >= 0.6 is 11.3 Å². The fourth-order valence-corrected chi connectivity index (χ4v) is 5.65. The van der Waals surface area contributed by atoms with Crippen LogP contribution in [0.2, 0.25) is 0 Å². The Morgan fingerprint density at radius 1 is 1.11 bits per heavy atom. The monoisotopic (exact) mass is 498 g/mol. The van der Waals surface area contributed by atoms with E-state index in [0.717, 1.165) is 76.9 Å². The van der Waals surface area contributed by atoms with Gasteiger partial charge in [0, 0.05) is 66.8 Å². The molecule has 1 aliphatic carbocycles. The third-order valence-corrected chi connectivity index (χ3v) is 7.75. The molecule has 36 heavy (non-hydrogen) atoms. The summed E-state index contributed by atoms with van der Waals surface area (Å²) < 4.78 is 20.7. The molecule has 0 atom stereocenters. The highest BCUT2D eigenvalue weighted by Gasteiger charge is 2.27. The fraction of sp³-hybridized carbons (Fsp3) is 0.276. The summed E-state index contributed by atoms with van der Waals surface area (Å²) in [5.41, 5.74) is 6.90. The quantitative estimate of drug-likeness (QED) is 0.346. The zero-order valence-corrected chi connectivity index (χ0v) is 21.0. The summed E-state index contributed by atoms with van der Waals surface area (Å²) in [6, 6.07) is 15.5. The average Bonchev–Trinajstić information content (AvgIpc) is 3.60. The standard InChI is InChI=1S/C29H27FN4OS/c1-33-9-11-34(12-10-33)18-21-14-20-16-26-28(31-32-29(26)25(20)17-27(21)30)22-15-24(36-19-22)8-5-13-35-23-6-3-2-4-7-23/h2-4,6-7,14-15,17,19H,9-13,16,18H2,1H3,(H,31,32). The van der Waals surface area contributed by atoms with E-state index >= 15 is 4.39 Å². The zero-order valence-electron chi connectivity index (χ0n) is 20.2. The van der Waals surface area contributed by atoms with Gasteiger partial charge in [0.1, 0.15) is 18.2 Å². The zero-order chi connectivity index (χ0) is 24.5. The molecule has 1 aliphatic heterocycles. The van der Waals surface area contributed by atoms with Crippen molar-refractivity contribution in [2.45, 2.75) is 13.0 Å². The van der Waals surface area contributed by atoms with Gasteiger partial charge in [0.05, 0.1) is 16.3 Å². The summed E-state index contributed by atoms with van der Waals surface area (Å²) in [6.45, 7) is 5.00. The van der Waals surface area contributed by atoms with Gasteiger partial charge in [-0.05, 0) is 36.9 Å². The minimum atomic E-state index is -0.137. The summed E-state index contributed by atoms with van der Waals surface area (Å²) in [5.74, 6) is 6.95. The molecule has 182 valence electrons. The van der Waals surface area contributed by atoms with Crippen LogP contribution in [0.3, 0.4) is 0 Å². The van der Waals surface area contributed by atoms with Gasteiger partial charge in [-0.3, -0.25) is 10.00 Å². The lowest BCUT2D eigenvalue weighted by Crippen LogP contribution is -2.44. The minimum absolute atomic E-state index is 0.137. The van der Waals surface area contributed by atoms with E-state index < -0.39 is 0 Å². The van der Waals surface area contributed by atoms with Crippen LogP contribution in [0, 0.1) is 17.7 Å². The van der Waals surface area contributed by atoms with Crippen molar-refractivity contribution in [1.29, 1.82) is 0 Å². The molecular weight excluding hydrogens is 471 g/mol. The van der Waals surface area contributed by atoms with Crippen LogP contribution in [0.1, 0.15) is 21.6 Å². The molecule has 0 radical (unpaired) electrons. The number of nitrogens with zero attached hydrogens (tertiary/aromatic N) is 3. The van der Waals surface area contributed by atoms with Crippen LogP contribution in [0.15, 0.2) is 53.9 Å². The predicted molar refractivity (Wildman–Crippen MR) is 142 cm³/mol. The lowest BCUT2D eigenvalue weighted by Gasteiger charge is -2.32. The Hall–Kier alpha value is -3.44. The largest absolute Gasteiger partial charge is 0.481 e. The van der Waals surface area contributed by atoms with Gasteiger partial charge in [-0.15, -0.1) is 11.3 Å². The maximum atomic E-state index is 15.1. The molecular formula is C29H27FN4OS. The van der Waals surface area contributed by atoms with E-state index in [-0.39, 0.29) is 5.82 Å². The summed E-state index contributed by atoms with van der Waals surface area (Å²) in [7, 11) is 2.14. The van der Waals surface area contributed by atoms with Crippen LogP contribution in [0.25, 0.3) is 22.5 Å². The molecule has 1 fully saturated rings. The lowest BCUT2D eigenvalue weighted by molar-refractivity contribution is 0.147.